The molecule has 1 unspecified atom stereocenters. The average Bonchev–Trinajstić information content (AvgIpc) is 2.82. The molecule has 1 atom stereocenters. The number of hydrogen-bond donors (Lipinski definition) is 2. The van der Waals surface area contributed by atoms with Crippen LogP contribution < -0.4 is 10.6 Å². The average molecular weight is 332 g/mol. The summed E-state index contributed by atoms with van der Waals surface area (Å²) in [6.07, 6.45) is 2.32. The molecule has 1 aliphatic heterocycles. The molecule has 0 aliphatic carbocycles. The van der Waals surface area contributed by atoms with Gasteiger partial charge in [-0.1, -0.05) is 17.7 Å². The van der Waals surface area contributed by atoms with Crippen molar-refractivity contribution in [1.82, 2.24) is 10.2 Å². The Morgan fingerprint density at radius 3 is 2.95 bits per heavy atom. The summed E-state index contributed by atoms with van der Waals surface area (Å²) in [4.78, 5) is 14.4. The van der Waals surface area contributed by atoms with Crippen LogP contribution in [-0.4, -0.2) is 43.5 Å². The third-order valence-corrected chi connectivity index (χ3v) is 3.99. The largest absolute Gasteiger partial charge is 0.325 e. The highest BCUT2D eigenvalue weighted by molar-refractivity contribution is 6.31. The van der Waals surface area contributed by atoms with E-state index in [9.17, 15) is 4.79 Å². The number of amides is 1. The van der Waals surface area contributed by atoms with Crippen molar-refractivity contribution < 1.29 is 4.79 Å². The maximum Gasteiger partial charge on any atom is 0.238 e. The second kappa shape index (κ2) is 8.59. The summed E-state index contributed by atoms with van der Waals surface area (Å²) in [6.45, 7) is 4.33. The van der Waals surface area contributed by atoms with Crippen LogP contribution in [0.5, 0.6) is 0 Å². The quantitative estimate of drug-likeness (QED) is 0.871. The predicted molar refractivity (Wildman–Crippen MR) is 90.6 cm³/mol. The summed E-state index contributed by atoms with van der Waals surface area (Å²) >= 11 is 5.97. The highest BCUT2D eigenvalue weighted by Crippen LogP contribution is 2.21. The normalized spacial score (nSPS) is 18.3. The zero-order chi connectivity index (χ0) is 14.5. The van der Waals surface area contributed by atoms with Crippen LogP contribution in [0.4, 0.5) is 5.69 Å². The SMILES string of the molecule is CNCC1CCCN1CC(=O)Nc1cc(Cl)ccc1C.Cl. The first-order valence-electron chi connectivity index (χ1n) is 7.05. The van der Waals surface area contributed by atoms with Crippen molar-refractivity contribution in [3.63, 3.8) is 0 Å². The summed E-state index contributed by atoms with van der Waals surface area (Å²) < 4.78 is 0. The van der Waals surface area contributed by atoms with Gasteiger partial charge in [0.15, 0.2) is 0 Å². The van der Waals surface area contributed by atoms with E-state index in [1.54, 1.807) is 6.07 Å². The molecule has 6 heteroatoms. The summed E-state index contributed by atoms with van der Waals surface area (Å²) in [7, 11) is 1.95. The second-order valence-corrected chi connectivity index (χ2v) is 5.77. The topological polar surface area (TPSA) is 44.4 Å². The molecule has 0 spiro atoms. The first kappa shape index (κ1) is 18.2. The van der Waals surface area contributed by atoms with Crippen molar-refractivity contribution in [2.45, 2.75) is 25.8 Å². The molecule has 1 amide bonds. The summed E-state index contributed by atoms with van der Waals surface area (Å²) in [6, 6.07) is 6.00. The minimum Gasteiger partial charge on any atom is -0.325 e. The number of likely N-dealkylation sites (N-methyl/N-ethyl adjacent to an activating group) is 1. The monoisotopic (exact) mass is 331 g/mol. The Morgan fingerprint density at radius 2 is 2.24 bits per heavy atom. The molecule has 1 fully saturated rings. The summed E-state index contributed by atoms with van der Waals surface area (Å²) in [5.74, 6) is 0.0263. The molecular weight excluding hydrogens is 309 g/mol. The fourth-order valence-electron chi connectivity index (χ4n) is 2.67. The van der Waals surface area contributed by atoms with Crippen LogP contribution in [-0.2, 0) is 4.79 Å². The van der Waals surface area contributed by atoms with E-state index in [0.29, 0.717) is 17.6 Å². The standard InChI is InChI=1S/C15H22ClN3O.ClH/c1-11-5-6-12(16)8-14(11)18-15(20)10-19-7-3-4-13(19)9-17-2;/h5-6,8,13,17H,3-4,7,9-10H2,1-2H3,(H,18,20);1H. The molecular formula is C15H23Cl2N3O. The minimum absolute atomic E-state index is 0. The van der Waals surface area contributed by atoms with Gasteiger partial charge < -0.3 is 10.6 Å². The molecule has 0 radical (unpaired) electrons. The minimum atomic E-state index is 0. The van der Waals surface area contributed by atoms with Crippen molar-refractivity contribution in [1.29, 1.82) is 0 Å². The summed E-state index contributed by atoms with van der Waals surface area (Å²) in [5, 5.41) is 6.78. The van der Waals surface area contributed by atoms with E-state index in [-0.39, 0.29) is 18.3 Å². The lowest BCUT2D eigenvalue weighted by Crippen LogP contribution is -2.41. The Labute approximate surface area is 137 Å². The number of nitrogens with one attached hydrogen (secondary N) is 2. The van der Waals surface area contributed by atoms with E-state index in [1.165, 1.54) is 0 Å². The Balaban J connectivity index is 0.00000220. The number of carbonyl (C=O) groups excluding carboxylic acids is 1. The molecule has 1 heterocycles. The molecule has 4 nitrogen and oxygen atoms in total. The van der Waals surface area contributed by atoms with Crippen molar-refractivity contribution in [3.05, 3.63) is 28.8 Å². The van der Waals surface area contributed by atoms with E-state index >= 15 is 0 Å². The molecule has 0 saturated carbocycles. The van der Waals surface area contributed by atoms with Gasteiger partial charge in [-0.25, -0.2) is 0 Å². The van der Waals surface area contributed by atoms with Crippen LogP contribution >= 0.6 is 24.0 Å². The Morgan fingerprint density at radius 1 is 1.48 bits per heavy atom. The predicted octanol–water partition coefficient (Wildman–Crippen LogP) is 2.69. The number of aryl methyl sites for hydroxylation is 1. The molecule has 2 rings (SSSR count). The Kier molecular flexibility index (Phi) is 7.46. The maximum absolute atomic E-state index is 12.2. The van der Waals surface area contributed by atoms with E-state index in [4.69, 9.17) is 11.6 Å². The van der Waals surface area contributed by atoms with Crippen LogP contribution in [0.25, 0.3) is 0 Å². The van der Waals surface area contributed by atoms with Crippen LogP contribution in [0.15, 0.2) is 18.2 Å². The Hall–Kier alpha value is -0.810. The first-order chi connectivity index (χ1) is 9.60. The maximum atomic E-state index is 12.2. The van der Waals surface area contributed by atoms with Gasteiger partial charge in [0.25, 0.3) is 0 Å². The van der Waals surface area contributed by atoms with Crippen molar-refractivity contribution in [2.24, 2.45) is 0 Å². The van der Waals surface area contributed by atoms with Gasteiger partial charge in [-0.2, -0.15) is 0 Å². The van der Waals surface area contributed by atoms with Gasteiger partial charge in [0.2, 0.25) is 5.91 Å². The molecule has 0 bridgehead atoms. The fraction of sp³-hybridized carbons (Fsp3) is 0.533. The van der Waals surface area contributed by atoms with Gasteiger partial charge in [0, 0.05) is 23.3 Å². The molecule has 1 aliphatic rings. The number of hydrogen-bond acceptors (Lipinski definition) is 3. The van der Waals surface area contributed by atoms with Crippen molar-refractivity contribution in [2.75, 3.05) is 32.0 Å². The van der Waals surface area contributed by atoms with Crippen LogP contribution in [0.3, 0.4) is 0 Å². The van der Waals surface area contributed by atoms with Gasteiger partial charge in [-0.05, 0) is 51.1 Å². The Bertz CT molecular complexity index is 482. The highest BCUT2D eigenvalue weighted by Gasteiger charge is 2.25. The van der Waals surface area contributed by atoms with Crippen molar-refractivity contribution in [3.8, 4) is 0 Å². The lowest BCUT2D eigenvalue weighted by Gasteiger charge is -2.23. The zero-order valence-corrected chi connectivity index (χ0v) is 14.1. The van der Waals surface area contributed by atoms with Crippen molar-refractivity contribution >= 4 is 35.6 Å². The number of anilines is 1. The van der Waals surface area contributed by atoms with Gasteiger partial charge >= 0.3 is 0 Å². The third-order valence-electron chi connectivity index (χ3n) is 3.76. The van der Waals surface area contributed by atoms with Gasteiger partial charge in [-0.3, -0.25) is 9.69 Å². The molecule has 118 valence electrons. The van der Waals surface area contributed by atoms with Crippen LogP contribution in [0.1, 0.15) is 18.4 Å². The fourth-order valence-corrected chi connectivity index (χ4v) is 2.85. The molecule has 1 aromatic rings. The zero-order valence-electron chi connectivity index (χ0n) is 12.5. The number of likely N-dealkylation sites (tertiary alicyclic amines) is 1. The summed E-state index contributed by atoms with van der Waals surface area (Å²) in [5.41, 5.74) is 1.82. The molecule has 2 N–H and O–H groups in total. The third kappa shape index (κ3) is 5.15. The first-order valence-corrected chi connectivity index (χ1v) is 7.42. The van der Waals surface area contributed by atoms with Crippen LogP contribution in [0.2, 0.25) is 5.02 Å². The smallest absolute Gasteiger partial charge is 0.238 e. The molecule has 1 saturated heterocycles. The van der Waals surface area contributed by atoms with Gasteiger partial charge in [0.1, 0.15) is 0 Å². The number of rotatable bonds is 5. The lowest BCUT2D eigenvalue weighted by molar-refractivity contribution is -0.117. The number of nitrogens with zero attached hydrogens (tertiary/aromatic N) is 1. The number of carbonyl (C=O) groups is 1. The van der Waals surface area contributed by atoms with E-state index in [2.05, 4.69) is 15.5 Å². The number of halogens is 2. The molecule has 1 aromatic carbocycles. The van der Waals surface area contributed by atoms with E-state index < -0.39 is 0 Å². The highest BCUT2D eigenvalue weighted by atomic mass is 35.5. The molecule has 21 heavy (non-hydrogen) atoms. The van der Waals surface area contributed by atoms with Crippen LogP contribution in [0, 0.1) is 6.92 Å². The van der Waals surface area contributed by atoms with E-state index in [0.717, 1.165) is 37.2 Å². The van der Waals surface area contributed by atoms with Gasteiger partial charge in [0.05, 0.1) is 6.54 Å². The van der Waals surface area contributed by atoms with Gasteiger partial charge in [-0.15, -0.1) is 12.4 Å². The lowest BCUT2D eigenvalue weighted by atomic mass is 10.2. The molecule has 0 aromatic heterocycles. The second-order valence-electron chi connectivity index (χ2n) is 5.33. The van der Waals surface area contributed by atoms with E-state index in [1.807, 2.05) is 26.1 Å². The number of benzene rings is 1.